The largest absolute Gasteiger partial charge is 0.368 e. The van der Waals surface area contributed by atoms with Gasteiger partial charge in [-0.1, -0.05) is 0 Å². The van der Waals surface area contributed by atoms with Gasteiger partial charge >= 0.3 is 0 Å². The van der Waals surface area contributed by atoms with E-state index in [0.29, 0.717) is 6.54 Å². The fourth-order valence-electron chi connectivity index (χ4n) is 1.73. The van der Waals surface area contributed by atoms with E-state index in [9.17, 15) is 8.78 Å². The van der Waals surface area contributed by atoms with Crippen LogP contribution in [0.15, 0.2) is 17.6 Å². The van der Waals surface area contributed by atoms with Gasteiger partial charge in [-0.25, -0.2) is 18.7 Å². The van der Waals surface area contributed by atoms with Gasteiger partial charge in [-0.2, -0.15) is 0 Å². The summed E-state index contributed by atoms with van der Waals surface area (Å²) in [5.41, 5.74) is -0.594. The van der Waals surface area contributed by atoms with Crippen LogP contribution >= 0.6 is 11.3 Å². The highest BCUT2D eigenvalue weighted by Crippen LogP contribution is 2.28. The molecule has 0 spiro atoms. The molecule has 0 saturated carbocycles. The van der Waals surface area contributed by atoms with E-state index in [-0.39, 0.29) is 11.6 Å². The van der Waals surface area contributed by atoms with Gasteiger partial charge in [0.25, 0.3) is 0 Å². The van der Waals surface area contributed by atoms with Gasteiger partial charge < -0.3 is 10.6 Å². The van der Waals surface area contributed by atoms with E-state index in [0.717, 1.165) is 11.1 Å². The molecule has 2 rings (SSSR count). The van der Waals surface area contributed by atoms with Crippen molar-refractivity contribution in [3.63, 3.8) is 0 Å². The van der Waals surface area contributed by atoms with Gasteiger partial charge in [0.05, 0.1) is 5.54 Å². The molecule has 2 heterocycles. The average molecular weight is 298 g/mol. The second-order valence-electron chi connectivity index (χ2n) is 4.77. The number of thiazole rings is 1. The molecule has 2 N–H and O–H groups in total. The third-order valence-corrected chi connectivity index (χ3v) is 3.77. The van der Waals surface area contributed by atoms with Crippen molar-refractivity contribution in [3.05, 3.63) is 34.3 Å². The molecule has 2 aromatic rings. The lowest BCUT2D eigenvalue weighted by molar-refractivity contribution is 0.556. The van der Waals surface area contributed by atoms with Crippen LogP contribution in [-0.4, -0.2) is 16.5 Å². The molecule has 4 nitrogen and oxygen atoms in total. The van der Waals surface area contributed by atoms with E-state index in [1.807, 2.05) is 26.2 Å². The van der Waals surface area contributed by atoms with Crippen LogP contribution in [0.3, 0.4) is 0 Å². The average Bonchev–Trinajstić information content (AvgIpc) is 2.89. The Labute approximate surface area is 120 Å². The molecule has 0 aliphatic rings. The number of anilines is 2. The molecule has 7 heteroatoms. The molecule has 0 fully saturated rings. The normalized spacial score (nSPS) is 11.4. The molecule has 0 aliphatic heterocycles. The summed E-state index contributed by atoms with van der Waals surface area (Å²) in [4.78, 5) is 8.17. The fourth-order valence-corrected chi connectivity index (χ4v) is 2.45. The monoisotopic (exact) mass is 298 g/mol. The van der Waals surface area contributed by atoms with Crippen LogP contribution in [0.4, 0.5) is 20.4 Å². The predicted octanol–water partition coefficient (Wildman–Crippen LogP) is 3.60. The maximum Gasteiger partial charge on any atom is 0.168 e. The third-order valence-electron chi connectivity index (χ3n) is 2.67. The number of aromatic nitrogens is 2. The second kappa shape index (κ2) is 5.70. The first-order valence-corrected chi connectivity index (χ1v) is 7.10. The van der Waals surface area contributed by atoms with Crippen LogP contribution in [-0.2, 0) is 5.54 Å². The van der Waals surface area contributed by atoms with Crippen molar-refractivity contribution in [1.29, 1.82) is 0 Å². The molecule has 0 radical (unpaired) electrons. The molecular formula is C13H16F2N4S. The maximum absolute atomic E-state index is 13.8. The Bertz CT molecular complexity index is 584. The quantitative estimate of drug-likeness (QED) is 0.885. The molecule has 0 bridgehead atoms. The summed E-state index contributed by atoms with van der Waals surface area (Å²) in [6, 6.07) is 0.825. The first kappa shape index (κ1) is 14.6. The Kier molecular flexibility index (Phi) is 4.17. The van der Waals surface area contributed by atoms with Crippen molar-refractivity contribution < 1.29 is 8.78 Å². The van der Waals surface area contributed by atoms with Gasteiger partial charge in [0, 0.05) is 24.2 Å². The molecule has 0 amide bonds. The SMILES string of the molecule is CCNc1nc(NC(C)(C)c2nccs2)c(F)cc1F. The first-order chi connectivity index (χ1) is 9.44. The van der Waals surface area contributed by atoms with E-state index >= 15 is 0 Å². The minimum atomic E-state index is -0.728. The highest BCUT2D eigenvalue weighted by Gasteiger charge is 2.25. The maximum atomic E-state index is 13.8. The second-order valence-corrected chi connectivity index (χ2v) is 5.66. The van der Waals surface area contributed by atoms with Crippen molar-refractivity contribution >= 4 is 23.0 Å². The molecule has 108 valence electrons. The Morgan fingerprint density at radius 2 is 1.95 bits per heavy atom. The zero-order valence-corrected chi connectivity index (χ0v) is 12.3. The van der Waals surface area contributed by atoms with E-state index < -0.39 is 17.2 Å². The van der Waals surface area contributed by atoms with Gasteiger partial charge in [0.1, 0.15) is 5.01 Å². The molecular weight excluding hydrogens is 282 g/mol. The van der Waals surface area contributed by atoms with Crippen LogP contribution in [0, 0.1) is 11.6 Å². The van der Waals surface area contributed by atoms with Gasteiger partial charge in [0.2, 0.25) is 0 Å². The summed E-state index contributed by atoms with van der Waals surface area (Å²) < 4.78 is 27.4. The van der Waals surface area contributed by atoms with Crippen molar-refractivity contribution in [3.8, 4) is 0 Å². The van der Waals surface area contributed by atoms with E-state index in [2.05, 4.69) is 20.6 Å². The summed E-state index contributed by atoms with van der Waals surface area (Å²) in [5, 5.41) is 8.37. The molecule has 0 aliphatic carbocycles. The standard InChI is InChI=1S/C13H16F2N4S/c1-4-16-10-8(14)7-9(15)11(18-10)19-13(2,3)12-17-5-6-20-12/h5-7H,4H2,1-3H3,(H2,16,18,19). The summed E-state index contributed by atoms with van der Waals surface area (Å²) in [5.74, 6) is -1.40. The predicted molar refractivity (Wildman–Crippen MR) is 77.1 cm³/mol. The van der Waals surface area contributed by atoms with Crippen molar-refractivity contribution in [1.82, 2.24) is 9.97 Å². The molecule has 2 aromatic heterocycles. The Morgan fingerprint density at radius 1 is 1.25 bits per heavy atom. The summed E-state index contributed by atoms with van der Waals surface area (Å²) in [7, 11) is 0. The first-order valence-electron chi connectivity index (χ1n) is 6.22. The number of hydrogen-bond donors (Lipinski definition) is 2. The van der Waals surface area contributed by atoms with Gasteiger partial charge in [-0.15, -0.1) is 11.3 Å². The molecule has 0 aromatic carbocycles. The van der Waals surface area contributed by atoms with E-state index in [1.54, 1.807) is 6.20 Å². The van der Waals surface area contributed by atoms with E-state index in [1.165, 1.54) is 11.3 Å². The highest BCUT2D eigenvalue weighted by molar-refractivity contribution is 7.09. The number of pyridine rings is 1. The lowest BCUT2D eigenvalue weighted by atomic mass is 10.1. The molecule has 0 atom stereocenters. The van der Waals surface area contributed by atoms with Crippen molar-refractivity contribution in [2.75, 3.05) is 17.2 Å². The van der Waals surface area contributed by atoms with Crippen molar-refractivity contribution in [2.24, 2.45) is 0 Å². The number of hydrogen-bond acceptors (Lipinski definition) is 5. The summed E-state index contributed by atoms with van der Waals surface area (Å²) in [6.45, 7) is 6.05. The van der Waals surface area contributed by atoms with Crippen LogP contribution in [0.25, 0.3) is 0 Å². The Hall–Kier alpha value is -1.76. The molecule has 0 unspecified atom stereocenters. The smallest absolute Gasteiger partial charge is 0.168 e. The van der Waals surface area contributed by atoms with Crippen LogP contribution < -0.4 is 10.6 Å². The van der Waals surface area contributed by atoms with Crippen LogP contribution in [0.5, 0.6) is 0 Å². The van der Waals surface area contributed by atoms with Gasteiger partial charge in [0.15, 0.2) is 23.3 Å². The third kappa shape index (κ3) is 3.04. The number of nitrogens with zero attached hydrogens (tertiary/aromatic N) is 2. The summed E-state index contributed by atoms with van der Waals surface area (Å²) >= 11 is 1.46. The van der Waals surface area contributed by atoms with Gasteiger partial charge in [-0.05, 0) is 20.8 Å². The lowest BCUT2D eigenvalue weighted by Crippen LogP contribution is -2.29. The lowest BCUT2D eigenvalue weighted by Gasteiger charge is -2.25. The fraction of sp³-hybridized carbons (Fsp3) is 0.385. The number of nitrogens with one attached hydrogen (secondary N) is 2. The Balaban J connectivity index is 2.31. The number of halogens is 2. The van der Waals surface area contributed by atoms with Crippen molar-refractivity contribution in [2.45, 2.75) is 26.3 Å². The molecule has 0 saturated heterocycles. The zero-order valence-electron chi connectivity index (χ0n) is 11.5. The highest BCUT2D eigenvalue weighted by atomic mass is 32.1. The van der Waals surface area contributed by atoms with Crippen LogP contribution in [0.1, 0.15) is 25.8 Å². The van der Waals surface area contributed by atoms with Crippen LogP contribution in [0.2, 0.25) is 0 Å². The zero-order chi connectivity index (χ0) is 14.8. The summed E-state index contributed by atoms with van der Waals surface area (Å²) in [6.07, 6.45) is 1.68. The molecule has 20 heavy (non-hydrogen) atoms. The topological polar surface area (TPSA) is 49.8 Å². The Morgan fingerprint density at radius 3 is 2.55 bits per heavy atom. The van der Waals surface area contributed by atoms with E-state index in [4.69, 9.17) is 0 Å². The van der Waals surface area contributed by atoms with Gasteiger partial charge in [-0.3, -0.25) is 0 Å². The number of rotatable bonds is 5. The minimum Gasteiger partial charge on any atom is -0.368 e. The minimum absolute atomic E-state index is 0.00236.